The molecule has 3 rings (SSSR count). The predicted octanol–water partition coefficient (Wildman–Crippen LogP) is 1.88. The molecule has 3 unspecified atom stereocenters. The Morgan fingerprint density at radius 2 is 1.97 bits per heavy atom. The molecule has 0 aromatic carbocycles. The van der Waals surface area contributed by atoms with Crippen molar-refractivity contribution in [1.29, 1.82) is 0 Å². The number of fused-ring (bicyclic) bond motifs is 1. The fourth-order valence-electron chi connectivity index (χ4n) is 4.29. The zero-order valence-electron chi connectivity index (χ0n) is 18.4. The molecule has 0 amide bonds. The summed E-state index contributed by atoms with van der Waals surface area (Å²) in [5, 5.41) is 8.10. The number of ether oxygens (including phenoxy) is 2. The minimum absolute atomic E-state index is 0.222. The lowest BCUT2D eigenvalue weighted by molar-refractivity contribution is -0.162. The monoisotopic (exact) mass is 458 g/mol. The third-order valence-corrected chi connectivity index (χ3v) is 7.93. The lowest BCUT2D eigenvalue weighted by atomic mass is 9.89. The quantitative estimate of drug-likeness (QED) is 0.416. The van der Waals surface area contributed by atoms with Gasteiger partial charge in [-0.25, -0.2) is 4.79 Å². The highest BCUT2D eigenvalue weighted by Crippen LogP contribution is 2.58. The third-order valence-electron chi connectivity index (χ3n) is 5.88. The van der Waals surface area contributed by atoms with Crippen molar-refractivity contribution in [3.8, 4) is 0 Å². The van der Waals surface area contributed by atoms with Crippen LogP contribution in [0.1, 0.15) is 53.5 Å². The summed E-state index contributed by atoms with van der Waals surface area (Å²) in [6.45, 7) is 11.3. The van der Waals surface area contributed by atoms with Gasteiger partial charge in [0.15, 0.2) is 11.1 Å². The molecule has 1 saturated carbocycles. The van der Waals surface area contributed by atoms with Crippen molar-refractivity contribution in [1.82, 2.24) is 9.55 Å². The van der Waals surface area contributed by atoms with Gasteiger partial charge in [-0.2, -0.15) is 0 Å². The molecule has 1 saturated heterocycles. The van der Waals surface area contributed by atoms with E-state index in [4.69, 9.17) is 14.0 Å². The topological polar surface area (TPSA) is 140 Å². The number of H-pyrrole nitrogens is 1. The Kier molecular flexibility index (Phi) is 6.06. The largest absolute Gasteiger partial charge is 0.378 e. The summed E-state index contributed by atoms with van der Waals surface area (Å²) in [6, 6.07) is 0.859. The molecule has 0 radical (unpaired) electrons. The SMILES string of the molecule is C=CC(C)(CC1C[C@@H](n2ccc(=O)[nH]c2=O)[C@@H]2OC(C)(C)O[C@H]12)OP(=O)(O)C(C)(C)O. The molecule has 3 N–H and O–H groups in total. The number of nitrogens with zero attached hydrogens (tertiary/aromatic N) is 1. The fourth-order valence-corrected chi connectivity index (χ4v) is 5.23. The number of aliphatic hydroxyl groups is 1. The molecule has 0 bridgehead atoms. The smallest absolute Gasteiger partial charge is 0.359 e. The molecular formula is C20H31N2O8P. The summed E-state index contributed by atoms with van der Waals surface area (Å²) in [4.78, 5) is 36.4. The van der Waals surface area contributed by atoms with Crippen molar-refractivity contribution >= 4 is 7.60 Å². The van der Waals surface area contributed by atoms with Crippen LogP contribution in [0, 0.1) is 5.92 Å². The van der Waals surface area contributed by atoms with Crippen LogP contribution in [0.5, 0.6) is 0 Å². The van der Waals surface area contributed by atoms with Crippen molar-refractivity contribution in [2.45, 2.75) is 82.4 Å². The lowest BCUT2D eigenvalue weighted by Gasteiger charge is -2.36. The second-order valence-corrected chi connectivity index (χ2v) is 11.8. The molecule has 1 aliphatic carbocycles. The van der Waals surface area contributed by atoms with E-state index in [1.54, 1.807) is 20.8 Å². The van der Waals surface area contributed by atoms with Crippen molar-refractivity contribution in [3.63, 3.8) is 0 Å². The Labute approximate surface area is 180 Å². The first-order valence-corrected chi connectivity index (χ1v) is 11.7. The minimum Gasteiger partial charge on any atom is -0.378 e. The number of aromatic nitrogens is 2. The van der Waals surface area contributed by atoms with Gasteiger partial charge in [0.25, 0.3) is 5.56 Å². The van der Waals surface area contributed by atoms with Gasteiger partial charge in [0.1, 0.15) is 6.10 Å². The Morgan fingerprint density at radius 3 is 2.52 bits per heavy atom. The van der Waals surface area contributed by atoms with Crippen LogP contribution in [-0.4, -0.2) is 48.5 Å². The highest BCUT2D eigenvalue weighted by Gasteiger charge is 2.56. The molecule has 0 spiro atoms. The first kappa shape index (κ1) is 24.1. The van der Waals surface area contributed by atoms with Gasteiger partial charge < -0.3 is 19.5 Å². The van der Waals surface area contributed by atoms with Crippen LogP contribution >= 0.6 is 7.60 Å². The van der Waals surface area contributed by atoms with Crippen molar-refractivity contribution in [2.75, 3.05) is 0 Å². The Morgan fingerprint density at radius 1 is 1.35 bits per heavy atom. The lowest BCUT2D eigenvalue weighted by Crippen LogP contribution is -2.36. The van der Waals surface area contributed by atoms with Crippen LogP contribution in [0.4, 0.5) is 0 Å². The predicted molar refractivity (Wildman–Crippen MR) is 113 cm³/mol. The minimum atomic E-state index is -4.39. The van der Waals surface area contributed by atoms with Crippen LogP contribution in [0.15, 0.2) is 34.5 Å². The number of aromatic amines is 1. The highest BCUT2D eigenvalue weighted by molar-refractivity contribution is 7.54. The average Bonchev–Trinajstić information content (AvgIpc) is 3.07. The van der Waals surface area contributed by atoms with Gasteiger partial charge in [0, 0.05) is 12.3 Å². The molecular weight excluding hydrogens is 427 g/mol. The standard InChI is InChI=1S/C20H31N2O8P/c1-7-20(6,30-31(26,27)18(2,3)25)11-12-10-13(16-15(12)28-19(4,5)29-16)22-9-8-14(23)21-17(22)24/h7-9,12-13,15-16,25H,1,10-11H2,2-6H3,(H,26,27)(H,21,23,24)/t12?,13-,15-,16+,20?/m1/s1. The zero-order valence-corrected chi connectivity index (χ0v) is 19.3. The normalized spacial score (nSPS) is 31.6. The summed E-state index contributed by atoms with van der Waals surface area (Å²) < 4.78 is 31.7. The molecule has 31 heavy (non-hydrogen) atoms. The number of hydrogen-bond donors (Lipinski definition) is 3. The van der Waals surface area contributed by atoms with Gasteiger partial charge >= 0.3 is 13.3 Å². The van der Waals surface area contributed by atoms with Crippen molar-refractivity contribution < 1.29 is 28.6 Å². The molecule has 1 aliphatic heterocycles. The summed E-state index contributed by atoms with van der Waals surface area (Å²) >= 11 is 0. The molecule has 2 aliphatic rings. The van der Waals surface area contributed by atoms with E-state index in [0.29, 0.717) is 6.42 Å². The molecule has 6 atom stereocenters. The van der Waals surface area contributed by atoms with E-state index in [9.17, 15) is 24.2 Å². The van der Waals surface area contributed by atoms with Gasteiger partial charge in [-0.3, -0.25) is 23.4 Å². The number of nitrogens with one attached hydrogen (secondary N) is 1. The maximum atomic E-state index is 12.6. The van der Waals surface area contributed by atoms with E-state index >= 15 is 0 Å². The summed E-state index contributed by atoms with van der Waals surface area (Å²) in [5.74, 6) is -1.11. The number of rotatable bonds is 7. The highest BCUT2D eigenvalue weighted by atomic mass is 31.2. The van der Waals surface area contributed by atoms with Crippen LogP contribution in [-0.2, 0) is 18.6 Å². The molecule has 2 heterocycles. The second kappa shape index (κ2) is 7.79. The second-order valence-electron chi connectivity index (χ2n) is 9.47. The maximum absolute atomic E-state index is 12.6. The van der Waals surface area contributed by atoms with Gasteiger partial charge in [-0.1, -0.05) is 6.08 Å². The van der Waals surface area contributed by atoms with E-state index in [2.05, 4.69) is 11.6 Å². The van der Waals surface area contributed by atoms with Gasteiger partial charge in [0.05, 0.1) is 17.7 Å². The molecule has 10 nitrogen and oxygen atoms in total. The van der Waals surface area contributed by atoms with E-state index < -0.39 is 53.8 Å². The Bertz CT molecular complexity index is 1010. The van der Waals surface area contributed by atoms with E-state index in [-0.39, 0.29) is 12.3 Å². The summed E-state index contributed by atoms with van der Waals surface area (Å²) in [7, 11) is -4.39. The maximum Gasteiger partial charge on any atom is 0.359 e. The summed E-state index contributed by atoms with van der Waals surface area (Å²) in [5.41, 5.74) is -2.29. The first-order valence-electron chi connectivity index (χ1n) is 10.1. The van der Waals surface area contributed by atoms with E-state index in [1.165, 1.54) is 36.8 Å². The molecule has 1 aromatic heterocycles. The van der Waals surface area contributed by atoms with Crippen LogP contribution < -0.4 is 11.2 Å². The zero-order chi connectivity index (χ0) is 23.4. The molecule has 1 aromatic rings. The Balaban J connectivity index is 1.92. The van der Waals surface area contributed by atoms with Gasteiger partial charge in [-0.05, 0) is 53.4 Å². The number of hydrogen-bond acceptors (Lipinski definition) is 7. The summed E-state index contributed by atoms with van der Waals surface area (Å²) in [6.07, 6.45) is 2.67. The van der Waals surface area contributed by atoms with Crippen molar-refractivity contribution in [3.05, 3.63) is 45.8 Å². The van der Waals surface area contributed by atoms with Crippen LogP contribution in [0.2, 0.25) is 0 Å². The van der Waals surface area contributed by atoms with Crippen LogP contribution in [0.25, 0.3) is 0 Å². The Hall–Kier alpha value is -1.55. The first-order chi connectivity index (χ1) is 14.1. The van der Waals surface area contributed by atoms with Crippen LogP contribution in [0.3, 0.4) is 0 Å². The molecule has 174 valence electrons. The van der Waals surface area contributed by atoms with Gasteiger partial charge in [-0.15, -0.1) is 6.58 Å². The molecule has 2 fully saturated rings. The van der Waals surface area contributed by atoms with Crippen molar-refractivity contribution in [2.24, 2.45) is 5.92 Å². The fraction of sp³-hybridized carbons (Fsp3) is 0.700. The third kappa shape index (κ3) is 4.79. The average molecular weight is 458 g/mol. The molecule has 11 heteroatoms. The van der Waals surface area contributed by atoms with Gasteiger partial charge in [0.2, 0.25) is 0 Å². The van der Waals surface area contributed by atoms with E-state index in [1.807, 2.05) is 0 Å². The van der Waals surface area contributed by atoms with E-state index in [0.717, 1.165) is 0 Å².